The van der Waals surface area contributed by atoms with Crippen molar-refractivity contribution in [1.82, 2.24) is 0 Å². The lowest BCUT2D eigenvalue weighted by Crippen LogP contribution is -2.40. The molecule has 446 valence electrons. The number of quaternary nitrogens is 1. The fraction of sp³-hybridized carbons (Fsp3) is 0.779. The van der Waals surface area contributed by atoms with Crippen LogP contribution in [0, 0.1) is 0 Å². The van der Waals surface area contributed by atoms with Crippen LogP contribution in [-0.2, 0) is 33.3 Å². The summed E-state index contributed by atoms with van der Waals surface area (Å²) >= 11 is 0. The van der Waals surface area contributed by atoms with E-state index in [2.05, 4.69) is 86.8 Å². The van der Waals surface area contributed by atoms with E-state index < -0.39 is 24.3 Å². The van der Waals surface area contributed by atoms with Crippen LogP contribution in [-0.4, -0.2) is 87.4 Å². The van der Waals surface area contributed by atoms with Crippen LogP contribution in [0.5, 0.6) is 0 Å². The molecule has 9 nitrogen and oxygen atoms in total. The Labute approximate surface area is 475 Å². The van der Waals surface area contributed by atoms with Gasteiger partial charge in [-0.3, -0.25) is 9.59 Å². The SMILES string of the molecule is CC/C=C\C/C=C\C/C=C\C/C=C\C/C=C\CCCCCCCCCCCCCC(=O)OC(COC(=O)CCCCCCCCCCCCCCC/C=C\CCCCCCCCCC)COC(OCC[N+](C)(C)C)C(=O)O. The van der Waals surface area contributed by atoms with E-state index in [0.29, 0.717) is 23.9 Å². The minimum atomic E-state index is -1.51. The summed E-state index contributed by atoms with van der Waals surface area (Å²) in [5.74, 6) is -2.00. The zero-order chi connectivity index (χ0) is 56.2. The Morgan fingerprint density at radius 1 is 0.403 bits per heavy atom. The maximum atomic E-state index is 12.9. The van der Waals surface area contributed by atoms with Crippen LogP contribution in [0.1, 0.15) is 284 Å². The van der Waals surface area contributed by atoms with Crippen molar-refractivity contribution in [1.29, 1.82) is 0 Å². The number of carboxylic acid groups (broad SMARTS) is 1. The smallest absolute Gasteiger partial charge is 0.361 e. The molecule has 0 fully saturated rings. The van der Waals surface area contributed by atoms with E-state index in [4.69, 9.17) is 18.9 Å². The van der Waals surface area contributed by atoms with Crippen molar-refractivity contribution in [2.24, 2.45) is 0 Å². The summed E-state index contributed by atoms with van der Waals surface area (Å²) in [6.07, 6.45) is 74.2. The molecule has 2 atom stereocenters. The highest BCUT2D eigenvalue weighted by molar-refractivity contribution is 5.71. The Morgan fingerprint density at radius 2 is 0.740 bits per heavy atom. The fourth-order valence-electron chi connectivity index (χ4n) is 9.04. The number of hydrogen-bond donors (Lipinski definition) is 1. The number of rotatable bonds is 59. The van der Waals surface area contributed by atoms with E-state index in [-0.39, 0.29) is 32.2 Å². The van der Waals surface area contributed by atoms with Crippen molar-refractivity contribution in [3.8, 4) is 0 Å². The molecule has 0 aromatic carbocycles. The molecule has 77 heavy (non-hydrogen) atoms. The molecule has 0 bridgehead atoms. The van der Waals surface area contributed by atoms with Crippen LogP contribution in [0.2, 0.25) is 0 Å². The average molecular weight is 1080 g/mol. The summed E-state index contributed by atoms with van der Waals surface area (Å²) in [6.45, 7) is 4.79. The van der Waals surface area contributed by atoms with Gasteiger partial charge in [0.15, 0.2) is 6.10 Å². The zero-order valence-electron chi connectivity index (χ0n) is 50.9. The summed E-state index contributed by atoms with van der Waals surface area (Å²) in [5, 5.41) is 9.73. The highest BCUT2D eigenvalue weighted by Gasteiger charge is 2.25. The number of carbonyl (C=O) groups is 3. The maximum absolute atomic E-state index is 12.9. The number of allylic oxidation sites excluding steroid dienone is 12. The van der Waals surface area contributed by atoms with E-state index in [1.807, 2.05) is 21.1 Å². The normalized spacial score (nSPS) is 13.2. The summed E-state index contributed by atoms with van der Waals surface area (Å²) in [5.41, 5.74) is 0. The van der Waals surface area contributed by atoms with Crippen molar-refractivity contribution in [2.45, 2.75) is 296 Å². The first-order valence-electron chi connectivity index (χ1n) is 32.1. The number of hydrogen-bond acceptors (Lipinski definition) is 7. The molecule has 0 aliphatic carbocycles. The molecule has 0 rings (SSSR count). The molecule has 0 radical (unpaired) electrons. The molecule has 0 aliphatic heterocycles. The molecule has 0 aromatic rings. The van der Waals surface area contributed by atoms with E-state index in [1.165, 1.54) is 180 Å². The standard InChI is InChI=1S/C68H121NO8/c1-6-8-10-12-14-16-18-20-22-24-26-28-30-32-33-35-37-39-41-43-45-47-49-51-53-55-57-59-66(71)77-64(63-76-68(67(72)73)74-61-60-69(3,4)5)62-75-65(70)58-56-54-52-50-48-46-44-42-40-38-36-34-31-29-27-25-23-21-19-17-15-13-11-9-7-2/h8,10,14,16,20,22,25-28,32-33,64,68H,6-7,9,11-13,15,17-19,21,23-24,29-31,34-63H2,1-5H3/p+1/b10-8-,16-14-,22-20-,27-25-,28-26-,33-32-. The third-order valence-corrected chi connectivity index (χ3v) is 13.9. The average Bonchev–Trinajstić information content (AvgIpc) is 3.40. The van der Waals surface area contributed by atoms with E-state index in [1.54, 1.807) is 0 Å². The predicted molar refractivity (Wildman–Crippen MR) is 327 cm³/mol. The lowest BCUT2D eigenvalue weighted by atomic mass is 10.0. The Bertz CT molecular complexity index is 1490. The van der Waals surface area contributed by atoms with E-state index in [0.717, 1.165) is 70.6 Å². The second-order valence-electron chi connectivity index (χ2n) is 22.7. The van der Waals surface area contributed by atoms with Crippen molar-refractivity contribution in [3.63, 3.8) is 0 Å². The second kappa shape index (κ2) is 58.9. The maximum Gasteiger partial charge on any atom is 0.361 e. The van der Waals surface area contributed by atoms with Crippen LogP contribution in [0.25, 0.3) is 0 Å². The third-order valence-electron chi connectivity index (χ3n) is 13.9. The highest BCUT2D eigenvalue weighted by atomic mass is 16.7. The van der Waals surface area contributed by atoms with Gasteiger partial charge < -0.3 is 28.5 Å². The van der Waals surface area contributed by atoms with Gasteiger partial charge in [-0.2, -0.15) is 0 Å². The van der Waals surface area contributed by atoms with Gasteiger partial charge in [-0.15, -0.1) is 0 Å². The first-order chi connectivity index (χ1) is 37.6. The Balaban J connectivity index is 4.18. The summed E-state index contributed by atoms with van der Waals surface area (Å²) in [6, 6.07) is 0. The number of likely N-dealkylation sites (N-methyl/N-ethyl adjacent to an activating group) is 1. The molecular formula is C68H122NO8+. The van der Waals surface area contributed by atoms with Crippen LogP contribution >= 0.6 is 0 Å². The first-order valence-corrected chi connectivity index (χ1v) is 32.1. The lowest BCUT2D eigenvalue weighted by Gasteiger charge is -2.25. The van der Waals surface area contributed by atoms with Crippen molar-refractivity contribution >= 4 is 17.9 Å². The molecule has 0 saturated heterocycles. The lowest BCUT2D eigenvalue weighted by molar-refractivity contribution is -0.870. The molecule has 9 heteroatoms. The molecule has 0 amide bonds. The number of carbonyl (C=O) groups excluding carboxylic acids is 2. The number of nitrogens with zero attached hydrogens (tertiary/aromatic N) is 1. The fourth-order valence-corrected chi connectivity index (χ4v) is 9.04. The van der Waals surface area contributed by atoms with E-state index in [9.17, 15) is 19.5 Å². The molecule has 0 aliphatic rings. The van der Waals surface area contributed by atoms with Gasteiger partial charge in [-0.05, 0) is 83.5 Å². The second-order valence-corrected chi connectivity index (χ2v) is 22.7. The Morgan fingerprint density at radius 3 is 1.12 bits per heavy atom. The van der Waals surface area contributed by atoms with Gasteiger partial charge in [0, 0.05) is 12.8 Å². The highest BCUT2D eigenvalue weighted by Crippen LogP contribution is 2.17. The number of esters is 2. The third kappa shape index (κ3) is 60.2. The summed E-state index contributed by atoms with van der Waals surface area (Å²) in [4.78, 5) is 37.5. The number of aliphatic carboxylic acids is 1. The summed E-state index contributed by atoms with van der Waals surface area (Å²) < 4.78 is 22.9. The van der Waals surface area contributed by atoms with Crippen LogP contribution < -0.4 is 0 Å². The van der Waals surface area contributed by atoms with Gasteiger partial charge in [-0.25, -0.2) is 4.79 Å². The quantitative estimate of drug-likeness (QED) is 0.0211. The Hall–Kier alpha value is -3.27. The molecule has 1 N–H and O–H groups in total. The summed E-state index contributed by atoms with van der Waals surface area (Å²) in [7, 11) is 5.97. The largest absolute Gasteiger partial charge is 0.477 e. The monoisotopic (exact) mass is 1080 g/mol. The van der Waals surface area contributed by atoms with Crippen LogP contribution in [0.4, 0.5) is 0 Å². The van der Waals surface area contributed by atoms with Crippen molar-refractivity contribution in [2.75, 3.05) is 47.5 Å². The van der Waals surface area contributed by atoms with Gasteiger partial charge >= 0.3 is 17.9 Å². The predicted octanol–water partition coefficient (Wildman–Crippen LogP) is 19.4. The number of carboxylic acids is 1. The van der Waals surface area contributed by atoms with Crippen LogP contribution in [0.3, 0.4) is 0 Å². The molecular weight excluding hydrogens is 959 g/mol. The molecule has 0 heterocycles. The van der Waals surface area contributed by atoms with Gasteiger partial charge in [0.1, 0.15) is 13.2 Å². The molecule has 2 unspecified atom stereocenters. The number of unbranched alkanes of at least 4 members (excludes halogenated alkanes) is 32. The van der Waals surface area contributed by atoms with Gasteiger partial charge in [-0.1, -0.05) is 260 Å². The molecule has 0 spiro atoms. The van der Waals surface area contributed by atoms with Crippen molar-refractivity contribution < 1.29 is 42.9 Å². The van der Waals surface area contributed by atoms with Gasteiger partial charge in [0.25, 0.3) is 6.29 Å². The van der Waals surface area contributed by atoms with Gasteiger partial charge in [0.05, 0.1) is 34.4 Å². The van der Waals surface area contributed by atoms with Crippen molar-refractivity contribution in [3.05, 3.63) is 72.9 Å². The van der Waals surface area contributed by atoms with Gasteiger partial charge in [0.2, 0.25) is 0 Å². The van der Waals surface area contributed by atoms with E-state index >= 15 is 0 Å². The minimum Gasteiger partial charge on any atom is -0.477 e. The Kier molecular flexibility index (Phi) is 56.4. The zero-order valence-corrected chi connectivity index (χ0v) is 50.9. The van der Waals surface area contributed by atoms with Crippen LogP contribution in [0.15, 0.2) is 72.9 Å². The number of ether oxygens (including phenoxy) is 4. The molecule has 0 saturated carbocycles. The minimum absolute atomic E-state index is 0.184. The first kappa shape index (κ1) is 73.7. The molecule has 0 aromatic heterocycles. The topological polar surface area (TPSA) is 108 Å².